The summed E-state index contributed by atoms with van der Waals surface area (Å²) in [4.78, 5) is 0. The van der Waals surface area contributed by atoms with Crippen molar-refractivity contribution in [3.8, 4) is 0 Å². The highest BCUT2D eigenvalue weighted by Crippen LogP contribution is 2.48. The van der Waals surface area contributed by atoms with Crippen molar-refractivity contribution in [1.82, 2.24) is 0 Å². The van der Waals surface area contributed by atoms with Crippen LogP contribution in [0.15, 0.2) is 12.2 Å². The highest BCUT2D eigenvalue weighted by molar-refractivity contribution is 5.26. The average molecular weight is 150 g/mol. The lowest BCUT2D eigenvalue weighted by molar-refractivity contribution is 0.226. The van der Waals surface area contributed by atoms with Crippen LogP contribution >= 0.6 is 0 Å². The maximum atomic E-state index is 2.39. The average Bonchev–Trinajstić information content (AvgIpc) is 2.70. The molecule has 0 heterocycles. The largest absolute Gasteiger partial charge is 0.0777 e. The monoisotopic (exact) mass is 150 g/mol. The number of allylic oxidation sites excluding steroid dienone is 2. The summed E-state index contributed by atoms with van der Waals surface area (Å²) in [6.07, 6.45) is 10.6. The summed E-state index contributed by atoms with van der Waals surface area (Å²) < 4.78 is 0. The maximum absolute atomic E-state index is 2.39. The standard InChI is InChI=1S/C11H18/c1-9-3-5-10(6-4-9)11(2)7-8-11/h7-10H,3-6H2,1-2H3. The van der Waals surface area contributed by atoms with Gasteiger partial charge in [0.25, 0.3) is 0 Å². The second-order valence-electron chi connectivity index (χ2n) is 4.66. The van der Waals surface area contributed by atoms with Crippen LogP contribution in [0, 0.1) is 17.3 Å². The zero-order valence-corrected chi connectivity index (χ0v) is 7.64. The van der Waals surface area contributed by atoms with Gasteiger partial charge in [0.15, 0.2) is 0 Å². The summed E-state index contributed by atoms with van der Waals surface area (Å²) in [6, 6.07) is 0. The van der Waals surface area contributed by atoms with E-state index in [1.165, 1.54) is 25.7 Å². The van der Waals surface area contributed by atoms with E-state index in [1.807, 2.05) is 0 Å². The lowest BCUT2D eigenvalue weighted by Crippen LogP contribution is -2.20. The van der Waals surface area contributed by atoms with Crippen LogP contribution < -0.4 is 0 Å². The fourth-order valence-electron chi connectivity index (χ4n) is 2.29. The molecule has 1 saturated carbocycles. The molecule has 0 bridgehead atoms. The lowest BCUT2D eigenvalue weighted by Gasteiger charge is -2.31. The molecule has 0 N–H and O–H groups in total. The Morgan fingerprint density at radius 2 is 1.64 bits per heavy atom. The van der Waals surface area contributed by atoms with Crippen molar-refractivity contribution in [1.29, 1.82) is 0 Å². The summed E-state index contributed by atoms with van der Waals surface area (Å²) in [5.74, 6) is 1.98. The predicted octanol–water partition coefficient (Wildman–Crippen LogP) is 3.39. The van der Waals surface area contributed by atoms with Crippen LogP contribution in [0.3, 0.4) is 0 Å². The molecule has 1 fully saturated rings. The molecule has 0 spiro atoms. The van der Waals surface area contributed by atoms with Gasteiger partial charge in [0.2, 0.25) is 0 Å². The fourth-order valence-corrected chi connectivity index (χ4v) is 2.29. The zero-order chi connectivity index (χ0) is 7.90. The summed E-state index contributed by atoms with van der Waals surface area (Å²) >= 11 is 0. The Morgan fingerprint density at radius 1 is 1.09 bits per heavy atom. The van der Waals surface area contributed by atoms with Gasteiger partial charge in [0.1, 0.15) is 0 Å². The van der Waals surface area contributed by atoms with Crippen molar-refractivity contribution in [2.45, 2.75) is 39.5 Å². The molecule has 0 aliphatic heterocycles. The Morgan fingerprint density at radius 3 is 2.09 bits per heavy atom. The molecule has 0 nitrogen and oxygen atoms in total. The lowest BCUT2D eigenvalue weighted by atomic mass is 9.74. The third-order valence-corrected chi connectivity index (χ3v) is 3.59. The molecule has 62 valence electrons. The highest BCUT2D eigenvalue weighted by Gasteiger charge is 2.38. The van der Waals surface area contributed by atoms with Crippen molar-refractivity contribution in [3.63, 3.8) is 0 Å². The Bertz CT molecular complexity index is 164. The molecule has 0 unspecified atom stereocenters. The van der Waals surface area contributed by atoms with Crippen LogP contribution in [0.5, 0.6) is 0 Å². The first-order valence-corrected chi connectivity index (χ1v) is 4.91. The minimum Gasteiger partial charge on any atom is -0.0777 e. The minimum absolute atomic E-state index is 0.556. The van der Waals surface area contributed by atoms with Crippen LogP contribution in [0.4, 0.5) is 0 Å². The molecule has 0 aromatic carbocycles. The van der Waals surface area contributed by atoms with Crippen molar-refractivity contribution < 1.29 is 0 Å². The normalized spacial score (nSPS) is 40.5. The van der Waals surface area contributed by atoms with Gasteiger partial charge in [-0.05, 0) is 24.7 Å². The van der Waals surface area contributed by atoms with E-state index in [0.29, 0.717) is 5.41 Å². The van der Waals surface area contributed by atoms with E-state index in [0.717, 1.165) is 11.8 Å². The van der Waals surface area contributed by atoms with E-state index in [9.17, 15) is 0 Å². The Balaban J connectivity index is 1.88. The van der Waals surface area contributed by atoms with Crippen molar-refractivity contribution in [3.05, 3.63) is 12.2 Å². The molecule has 0 heteroatoms. The van der Waals surface area contributed by atoms with Gasteiger partial charge in [-0.25, -0.2) is 0 Å². The molecule has 0 amide bonds. The highest BCUT2D eigenvalue weighted by atomic mass is 14.4. The minimum atomic E-state index is 0.556. The molecule has 0 aromatic heterocycles. The van der Waals surface area contributed by atoms with Crippen LogP contribution in [0.1, 0.15) is 39.5 Å². The number of hydrogen-bond acceptors (Lipinski definition) is 0. The molecular weight excluding hydrogens is 132 g/mol. The summed E-state index contributed by atoms with van der Waals surface area (Å²) in [5.41, 5.74) is 0.556. The van der Waals surface area contributed by atoms with E-state index in [1.54, 1.807) is 0 Å². The Hall–Kier alpha value is -0.260. The van der Waals surface area contributed by atoms with E-state index >= 15 is 0 Å². The molecule has 0 aromatic rings. The smallest absolute Gasteiger partial charge is 0.00615 e. The SMILES string of the molecule is CC1CCC(C2(C)C=C2)CC1. The summed E-state index contributed by atoms with van der Waals surface area (Å²) in [5, 5.41) is 0. The molecule has 2 aliphatic carbocycles. The molecule has 0 atom stereocenters. The second kappa shape index (κ2) is 2.36. The molecular formula is C11H18. The number of hydrogen-bond donors (Lipinski definition) is 0. The van der Waals surface area contributed by atoms with E-state index in [2.05, 4.69) is 26.0 Å². The first-order valence-electron chi connectivity index (χ1n) is 4.91. The quantitative estimate of drug-likeness (QED) is 0.503. The number of rotatable bonds is 1. The van der Waals surface area contributed by atoms with Gasteiger partial charge in [0, 0.05) is 5.41 Å². The van der Waals surface area contributed by atoms with Gasteiger partial charge in [0.05, 0.1) is 0 Å². The zero-order valence-electron chi connectivity index (χ0n) is 7.64. The fraction of sp³-hybridized carbons (Fsp3) is 0.818. The van der Waals surface area contributed by atoms with Gasteiger partial charge in [-0.2, -0.15) is 0 Å². The summed E-state index contributed by atoms with van der Waals surface area (Å²) in [6.45, 7) is 4.77. The van der Waals surface area contributed by atoms with Crippen molar-refractivity contribution >= 4 is 0 Å². The van der Waals surface area contributed by atoms with Crippen LogP contribution in [-0.2, 0) is 0 Å². The van der Waals surface area contributed by atoms with Crippen molar-refractivity contribution in [2.75, 3.05) is 0 Å². The molecule has 0 radical (unpaired) electrons. The van der Waals surface area contributed by atoms with Gasteiger partial charge in [-0.15, -0.1) is 0 Å². The van der Waals surface area contributed by atoms with E-state index in [4.69, 9.17) is 0 Å². The van der Waals surface area contributed by atoms with Gasteiger partial charge in [-0.3, -0.25) is 0 Å². The molecule has 2 rings (SSSR count). The van der Waals surface area contributed by atoms with E-state index < -0.39 is 0 Å². The molecule has 0 saturated heterocycles. The topological polar surface area (TPSA) is 0 Å². The predicted molar refractivity (Wildman–Crippen MR) is 48.4 cm³/mol. The summed E-state index contributed by atoms with van der Waals surface area (Å²) in [7, 11) is 0. The van der Waals surface area contributed by atoms with Crippen LogP contribution in [0.2, 0.25) is 0 Å². The van der Waals surface area contributed by atoms with Crippen LogP contribution in [0.25, 0.3) is 0 Å². The first kappa shape index (κ1) is 7.39. The Labute approximate surface area is 69.7 Å². The Kier molecular flexibility index (Phi) is 1.59. The van der Waals surface area contributed by atoms with Gasteiger partial charge in [-0.1, -0.05) is 38.8 Å². The second-order valence-corrected chi connectivity index (χ2v) is 4.66. The first-order chi connectivity index (χ1) is 5.21. The van der Waals surface area contributed by atoms with Gasteiger partial charge < -0.3 is 0 Å². The van der Waals surface area contributed by atoms with E-state index in [-0.39, 0.29) is 0 Å². The molecule has 2 aliphatic rings. The third-order valence-electron chi connectivity index (χ3n) is 3.59. The van der Waals surface area contributed by atoms with Crippen LogP contribution in [-0.4, -0.2) is 0 Å². The molecule has 11 heavy (non-hydrogen) atoms. The third kappa shape index (κ3) is 1.36. The van der Waals surface area contributed by atoms with Gasteiger partial charge >= 0.3 is 0 Å². The maximum Gasteiger partial charge on any atom is 0.00615 e. The van der Waals surface area contributed by atoms with Crippen molar-refractivity contribution in [2.24, 2.45) is 17.3 Å².